The van der Waals surface area contributed by atoms with E-state index in [9.17, 15) is 4.79 Å². The molecule has 0 radical (unpaired) electrons. The summed E-state index contributed by atoms with van der Waals surface area (Å²) in [7, 11) is 1.64. The third-order valence-corrected chi connectivity index (χ3v) is 6.10. The molecule has 1 amide bonds. The van der Waals surface area contributed by atoms with Crippen LogP contribution < -0.4 is 10.1 Å². The number of rotatable bonds is 6. The lowest BCUT2D eigenvalue weighted by atomic mass is 10.0. The maximum atomic E-state index is 12.8. The van der Waals surface area contributed by atoms with Gasteiger partial charge in [-0.15, -0.1) is 0 Å². The number of nitrogens with one attached hydrogen (secondary N) is 1. The van der Waals surface area contributed by atoms with Crippen molar-refractivity contribution >= 4 is 17.4 Å². The molecule has 168 valence electrons. The molecule has 1 N–H and O–H groups in total. The molecule has 2 aliphatic rings. The van der Waals surface area contributed by atoms with E-state index in [0.29, 0.717) is 39.3 Å². The number of ether oxygens (including phenoxy) is 3. The molecule has 2 saturated heterocycles. The maximum absolute atomic E-state index is 12.8. The van der Waals surface area contributed by atoms with Gasteiger partial charge in [-0.05, 0) is 12.1 Å². The van der Waals surface area contributed by atoms with Gasteiger partial charge in [0.25, 0.3) is 0 Å². The van der Waals surface area contributed by atoms with Gasteiger partial charge in [0.15, 0.2) is 11.4 Å². The van der Waals surface area contributed by atoms with Crippen molar-refractivity contribution in [3.63, 3.8) is 0 Å². The standard InChI is InChI=1S/C23H27N5O4/c1-30-18-4-2-3-17(15-18)21-22(28-12-9-24-16-19(28)26-21)25-8-5-20(29)27-10-6-23(7-11-27)31-13-14-32-23/h2-4,9,12,15-16,25H,5-8,10-11,13-14H2,1H3. The number of carbonyl (C=O) groups is 1. The molecule has 1 aromatic carbocycles. The molecule has 0 saturated carbocycles. The number of amides is 1. The number of imidazole rings is 1. The van der Waals surface area contributed by atoms with E-state index in [-0.39, 0.29) is 5.91 Å². The van der Waals surface area contributed by atoms with E-state index in [1.807, 2.05) is 39.8 Å². The Balaban J connectivity index is 1.27. The molecule has 32 heavy (non-hydrogen) atoms. The Morgan fingerprint density at radius 3 is 2.84 bits per heavy atom. The van der Waals surface area contributed by atoms with Gasteiger partial charge in [-0.2, -0.15) is 0 Å². The minimum Gasteiger partial charge on any atom is -0.497 e. The summed E-state index contributed by atoms with van der Waals surface area (Å²) < 4.78 is 18.8. The van der Waals surface area contributed by atoms with Crippen molar-refractivity contribution in [3.05, 3.63) is 42.9 Å². The van der Waals surface area contributed by atoms with E-state index in [0.717, 1.165) is 41.3 Å². The van der Waals surface area contributed by atoms with E-state index < -0.39 is 5.79 Å². The smallest absolute Gasteiger partial charge is 0.224 e. The van der Waals surface area contributed by atoms with Crippen LogP contribution in [0, 0.1) is 0 Å². The van der Waals surface area contributed by atoms with E-state index in [2.05, 4.69) is 10.3 Å². The second-order valence-corrected chi connectivity index (χ2v) is 8.01. The Morgan fingerprint density at radius 1 is 1.25 bits per heavy atom. The summed E-state index contributed by atoms with van der Waals surface area (Å²) in [6.45, 7) is 3.11. The van der Waals surface area contributed by atoms with Gasteiger partial charge >= 0.3 is 0 Å². The molecule has 2 aromatic heterocycles. The van der Waals surface area contributed by atoms with E-state index in [1.54, 1.807) is 19.5 Å². The first kappa shape index (κ1) is 20.7. The predicted octanol–water partition coefficient (Wildman–Crippen LogP) is 2.57. The van der Waals surface area contributed by atoms with Crippen molar-refractivity contribution in [2.24, 2.45) is 0 Å². The SMILES string of the molecule is COc1cccc(-c2nc3cnccn3c2NCCC(=O)N2CCC3(CC2)OCCO3)c1. The summed E-state index contributed by atoms with van der Waals surface area (Å²) in [5.41, 5.74) is 2.46. The number of hydrogen-bond acceptors (Lipinski definition) is 7. The van der Waals surface area contributed by atoms with Gasteiger partial charge in [0.1, 0.15) is 17.3 Å². The van der Waals surface area contributed by atoms with E-state index in [4.69, 9.17) is 19.2 Å². The van der Waals surface area contributed by atoms with Crippen molar-refractivity contribution in [1.82, 2.24) is 19.3 Å². The molecule has 2 aliphatic heterocycles. The monoisotopic (exact) mass is 437 g/mol. The number of anilines is 1. The quantitative estimate of drug-likeness (QED) is 0.634. The lowest BCUT2D eigenvalue weighted by molar-refractivity contribution is -0.187. The van der Waals surface area contributed by atoms with Gasteiger partial charge < -0.3 is 24.4 Å². The molecule has 3 aromatic rings. The highest BCUT2D eigenvalue weighted by Gasteiger charge is 2.40. The van der Waals surface area contributed by atoms with Crippen LogP contribution >= 0.6 is 0 Å². The number of carbonyl (C=O) groups excluding carboxylic acids is 1. The van der Waals surface area contributed by atoms with Crippen LogP contribution in [0.3, 0.4) is 0 Å². The molecule has 2 fully saturated rings. The second kappa shape index (κ2) is 8.76. The maximum Gasteiger partial charge on any atom is 0.224 e. The first-order chi connectivity index (χ1) is 15.7. The molecule has 1 spiro atoms. The third kappa shape index (κ3) is 4.01. The molecule has 4 heterocycles. The molecular weight excluding hydrogens is 410 g/mol. The number of nitrogens with zero attached hydrogens (tertiary/aromatic N) is 4. The van der Waals surface area contributed by atoms with E-state index in [1.165, 1.54) is 0 Å². The number of hydrogen-bond donors (Lipinski definition) is 1. The van der Waals surface area contributed by atoms with Crippen molar-refractivity contribution in [2.45, 2.75) is 25.0 Å². The van der Waals surface area contributed by atoms with Gasteiger partial charge in [-0.3, -0.25) is 14.2 Å². The highest BCUT2D eigenvalue weighted by atomic mass is 16.7. The van der Waals surface area contributed by atoms with Crippen molar-refractivity contribution in [3.8, 4) is 17.0 Å². The highest BCUT2D eigenvalue weighted by molar-refractivity contribution is 5.79. The minimum absolute atomic E-state index is 0.128. The van der Waals surface area contributed by atoms with Crippen molar-refractivity contribution < 1.29 is 19.0 Å². The zero-order valence-electron chi connectivity index (χ0n) is 18.1. The van der Waals surface area contributed by atoms with Crippen LogP contribution in [0.25, 0.3) is 16.9 Å². The summed E-state index contributed by atoms with van der Waals surface area (Å²) in [5, 5.41) is 3.43. The summed E-state index contributed by atoms with van der Waals surface area (Å²) in [5.74, 6) is 1.25. The Hall–Kier alpha value is -3.17. The zero-order valence-corrected chi connectivity index (χ0v) is 18.1. The average molecular weight is 438 g/mol. The summed E-state index contributed by atoms with van der Waals surface area (Å²) in [6, 6.07) is 7.77. The molecule has 5 rings (SSSR count). The summed E-state index contributed by atoms with van der Waals surface area (Å²) in [6.07, 6.45) is 7.15. The Bertz CT molecular complexity index is 1100. The first-order valence-corrected chi connectivity index (χ1v) is 10.9. The fraction of sp³-hybridized carbons (Fsp3) is 0.435. The third-order valence-electron chi connectivity index (χ3n) is 6.10. The van der Waals surface area contributed by atoms with Crippen molar-refractivity contribution in [2.75, 3.05) is 45.3 Å². The van der Waals surface area contributed by atoms with Gasteiger partial charge in [0.2, 0.25) is 5.91 Å². The fourth-order valence-corrected chi connectivity index (χ4v) is 4.38. The van der Waals surface area contributed by atoms with Gasteiger partial charge in [0.05, 0.1) is 26.5 Å². The first-order valence-electron chi connectivity index (χ1n) is 10.9. The Labute approximate surface area is 186 Å². The van der Waals surface area contributed by atoms with E-state index >= 15 is 0 Å². The highest BCUT2D eigenvalue weighted by Crippen LogP contribution is 2.32. The lowest BCUT2D eigenvalue weighted by Crippen LogP contribution is -2.47. The van der Waals surface area contributed by atoms with Gasteiger partial charge in [-0.25, -0.2) is 4.98 Å². The molecule has 9 heteroatoms. The van der Waals surface area contributed by atoms with Crippen LogP contribution in [0.15, 0.2) is 42.9 Å². The van der Waals surface area contributed by atoms with Crippen LogP contribution in [0.5, 0.6) is 5.75 Å². The number of fused-ring (bicyclic) bond motifs is 1. The summed E-state index contributed by atoms with van der Waals surface area (Å²) in [4.78, 5) is 23.6. The number of aromatic nitrogens is 3. The zero-order chi connectivity index (χ0) is 22.0. The second-order valence-electron chi connectivity index (χ2n) is 8.01. The largest absolute Gasteiger partial charge is 0.497 e. The predicted molar refractivity (Wildman–Crippen MR) is 119 cm³/mol. The number of benzene rings is 1. The Kier molecular flexibility index (Phi) is 5.67. The molecular formula is C23H27N5O4. The number of methoxy groups -OCH3 is 1. The van der Waals surface area contributed by atoms with Gasteiger partial charge in [0, 0.05) is 56.9 Å². The van der Waals surface area contributed by atoms with Crippen LogP contribution in [0.2, 0.25) is 0 Å². The van der Waals surface area contributed by atoms with Crippen LogP contribution in [-0.4, -0.2) is 70.9 Å². The molecule has 9 nitrogen and oxygen atoms in total. The fourth-order valence-electron chi connectivity index (χ4n) is 4.38. The summed E-state index contributed by atoms with van der Waals surface area (Å²) >= 11 is 0. The minimum atomic E-state index is -0.467. The van der Waals surface area contributed by atoms with Crippen molar-refractivity contribution in [1.29, 1.82) is 0 Å². The molecule has 0 aliphatic carbocycles. The molecule has 0 atom stereocenters. The lowest BCUT2D eigenvalue weighted by Gasteiger charge is -2.37. The normalized spacial score (nSPS) is 17.7. The average Bonchev–Trinajstić information content (AvgIpc) is 3.44. The Morgan fingerprint density at radius 2 is 2.06 bits per heavy atom. The van der Waals surface area contributed by atoms with Crippen LogP contribution in [0.1, 0.15) is 19.3 Å². The topological polar surface area (TPSA) is 90.2 Å². The number of likely N-dealkylation sites (tertiary alicyclic amines) is 1. The van der Waals surface area contributed by atoms with Crippen LogP contribution in [0.4, 0.5) is 5.82 Å². The number of piperidine rings is 1. The van der Waals surface area contributed by atoms with Gasteiger partial charge in [-0.1, -0.05) is 12.1 Å². The van der Waals surface area contributed by atoms with Crippen LogP contribution in [-0.2, 0) is 14.3 Å². The molecule has 0 unspecified atom stereocenters. The molecule has 0 bridgehead atoms.